The molecule has 0 aromatic heterocycles. The zero-order valence-corrected chi connectivity index (χ0v) is 11.5. The van der Waals surface area contributed by atoms with Crippen LogP contribution in [0.25, 0.3) is 0 Å². The second-order valence-corrected chi connectivity index (χ2v) is 6.22. The second-order valence-electron chi connectivity index (χ2n) is 6.22. The Hall–Kier alpha value is -0.120. The van der Waals surface area contributed by atoms with Gasteiger partial charge in [0.15, 0.2) is 0 Å². The largest absolute Gasteiger partial charge is 0.396 e. The van der Waals surface area contributed by atoms with Crippen LogP contribution in [-0.2, 0) is 0 Å². The molecule has 1 saturated heterocycles. The molecule has 0 saturated carbocycles. The Balaban J connectivity index is 2.76. The molecular weight excluding hydrogens is 200 g/mol. The average Bonchev–Trinajstić information content (AvgIpc) is 2.10. The number of likely N-dealkylation sites (N-methyl/N-ethyl adjacent to an activating group) is 1. The van der Waals surface area contributed by atoms with E-state index in [0.717, 1.165) is 26.1 Å². The summed E-state index contributed by atoms with van der Waals surface area (Å²) in [5, 5.41) is 9.18. The Morgan fingerprint density at radius 3 is 2.50 bits per heavy atom. The van der Waals surface area contributed by atoms with Crippen LogP contribution in [-0.4, -0.2) is 59.8 Å². The van der Waals surface area contributed by atoms with E-state index in [2.05, 4.69) is 44.5 Å². The molecule has 0 aromatic rings. The number of rotatable bonds is 4. The molecular formula is C13H28N2O. The van der Waals surface area contributed by atoms with E-state index >= 15 is 0 Å². The molecule has 1 fully saturated rings. The lowest BCUT2D eigenvalue weighted by molar-refractivity contribution is -0.0307. The zero-order valence-electron chi connectivity index (χ0n) is 11.5. The summed E-state index contributed by atoms with van der Waals surface area (Å²) in [6.45, 7) is 12.8. The molecule has 0 aliphatic carbocycles. The molecule has 0 bridgehead atoms. The number of hydrogen-bond acceptors (Lipinski definition) is 3. The third-order valence-corrected chi connectivity index (χ3v) is 3.42. The quantitative estimate of drug-likeness (QED) is 0.788. The molecule has 3 nitrogen and oxygen atoms in total. The van der Waals surface area contributed by atoms with Gasteiger partial charge in [-0.25, -0.2) is 0 Å². The molecule has 0 amide bonds. The normalized spacial score (nSPS) is 27.6. The molecule has 1 atom stereocenters. The molecule has 96 valence electrons. The SMILES string of the molecule is CC(C)CN1C(CCO)CN(C)CC1(C)C. The molecule has 1 heterocycles. The molecule has 1 unspecified atom stereocenters. The maximum Gasteiger partial charge on any atom is 0.0446 e. The monoisotopic (exact) mass is 228 g/mol. The number of piperazine rings is 1. The van der Waals surface area contributed by atoms with Crippen molar-refractivity contribution in [1.82, 2.24) is 9.80 Å². The van der Waals surface area contributed by atoms with Crippen molar-refractivity contribution in [2.24, 2.45) is 5.92 Å². The Bertz CT molecular complexity index is 216. The number of hydrogen-bond donors (Lipinski definition) is 1. The Morgan fingerprint density at radius 2 is 2.00 bits per heavy atom. The van der Waals surface area contributed by atoms with E-state index in [4.69, 9.17) is 0 Å². The summed E-state index contributed by atoms with van der Waals surface area (Å²) in [6.07, 6.45) is 0.889. The minimum absolute atomic E-state index is 0.219. The average molecular weight is 228 g/mol. The van der Waals surface area contributed by atoms with Gasteiger partial charge in [0.05, 0.1) is 0 Å². The third kappa shape index (κ3) is 3.44. The lowest BCUT2D eigenvalue weighted by Gasteiger charge is -2.51. The first-order valence-electron chi connectivity index (χ1n) is 6.43. The van der Waals surface area contributed by atoms with Crippen LogP contribution in [0.1, 0.15) is 34.1 Å². The van der Waals surface area contributed by atoms with Crippen LogP contribution in [0.2, 0.25) is 0 Å². The number of aliphatic hydroxyl groups is 1. The van der Waals surface area contributed by atoms with Crippen molar-refractivity contribution in [2.75, 3.05) is 33.3 Å². The summed E-state index contributed by atoms with van der Waals surface area (Å²) in [7, 11) is 2.18. The summed E-state index contributed by atoms with van der Waals surface area (Å²) in [5.74, 6) is 0.684. The van der Waals surface area contributed by atoms with Crippen LogP contribution < -0.4 is 0 Å². The van der Waals surface area contributed by atoms with Crippen molar-refractivity contribution < 1.29 is 5.11 Å². The van der Waals surface area contributed by atoms with E-state index in [1.165, 1.54) is 0 Å². The summed E-state index contributed by atoms with van der Waals surface area (Å²) in [4.78, 5) is 4.98. The molecule has 0 radical (unpaired) electrons. The molecule has 1 N–H and O–H groups in total. The summed E-state index contributed by atoms with van der Waals surface area (Å²) in [6, 6.07) is 0.501. The van der Waals surface area contributed by atoms with Gasteiger partial charge in [0.25, 0.3) is 0 Å². The molecule has 16 heavy (non-hydrogen) atoms. The van der Waals surface area contributed by atoms with Crippen molar-refractivity contribution >= 4 is 0 Å². The molecule has 1 aliphatic rings. The van der Waals surface area contributed by atoms with Gasteiger partial charge >= 0.3 is 0 Å². The first-order chi connectivity index (χ1) is 7.36. The Morgan fingerprint density at radius 1 is 1.38 bits per heavy atom. The van der Waals surface area contributed by atoms with Gasteiger partial charge in [-0.1, -0.05) is 13.8 Å². The highest BCUT2D eigenvalue weighted by Gasteiger charge is 2.38. The molecule has 1 aliphatic heterocycles. The van der Waals surface area contributed by atoms with Gasteiger partial charge < -0.3 is 10.0 Å². The minimum atomic E-state index is 0.219. The van der Waals surface area contributed by atoms with E-state index in [1.54, 1.807) is 0 Å². The zero-order chi connectivity index (χ0) is 12.3. The van der Waals surface area contributed by atoms with E-state index in [1.807, 2.05) is 0 Å². The molecule has 1 rings (SSSR count). The van der Waals surface area contributed by atoms with Gasteiger partial charge in [0, 0.05) is 37.8 Å². The van der Waals surface area contributed by atoms with Crippen molar-refractivity contribution in [2.45, 2.75) is 45.7 Å². The van der Waals surface area contributed by atoms with Gasteiger partial charge in [-0.2, -0.15) is 0 Å². The maximum absolute atomic E-state index is 9.18. The highest BCUT2D eigenvalue weighted by Crippen LogP contribution is 2.26. The highest BCUT2D eigenvalue weighted by molar-refractivity contribution is 4.94. The van der Waals surface area contributed by atoms with Crippen LogP contribution in [0.4, 0.5) is 0 Å². The van der Waals surface area contributed by atoms with Gasteiger partial charge in [0.1, 0.15) is 0 Å². The Kier molecular flexibility index (Phi) is 4.77. The van der Waals surface area contributed by atoms with E-state index < -0.39 is 0 Å². The van der Waals surface area contributed by atoms with Gasteiger partial charge in [0.2, 0.25) is 0 Å². The lowest BCUT2D eigenvalue weighted by Crippen LogP contribution is -2.63. The van der Waals surface area contributed by atoms with Crippen molar-refractivity contribution in [3.05, 3.63) is 0 Å². The molecule has 3 heteroatoms. The minimum Gasteiger partial charge on any atom is -0.396 e. The summed E-state index contributed by atoms with van der Waals surface area (Å²) < 4.78 is 0. The smallest absolute Gasteiger partial charge is 0.0446 e. The lowest BCUT2D eigenvalue weighted by atomic mass is 9.92. The van der Waals surface area contributed by atoms with Gasteiger partial charge in [-0.15, -0.1) is 0 Å². The van der Waals surface area contributed by atoms with Gasteiger partial charge in [-0.3, -0.25) is 4.90 Å². The second kappa shape index (κ2) is 5.48. The summed E-state index contributed by atoms with van der Waals surface area (Å²) >= 11 is 0. The topological polar surface area (TPSA) is 26.7 Å². The predicted molar refractivity (Wildman–Crippen MR) is 68.6 cm³/mol. The van der Waals surface area contributed by atoms with Crippen molar-refractivity contribution in [3.63, 3.8) is 0 Å². The van der Waals surface area contributed by atoms with Crippen LogP contribution in [0.5, 0.6) is 0 Å². The fourth-order valence-electron chi connectivity index (χ4n) is 2.95. The summed E-state index contributed by atoms with van der Waals surface area (Å²) in [5.41, 5.74) is 0.219. The highest BCUT2D eigenvalue weighted by atomic mass is 16.3. The first-order valence-corrected chi connectivity index (χ1v) is 6.43. The molecule has 0 aromatic carbocycles. The van der Waals surface area contributed by atoms with E-state index in [0.29, 0.717) is 18.6 Å². The first kappa shape index (κ1) is 13.9. The third-order valence-electron chi connectivity index (χ3n) is 3.42. The number of nitrogens with zero attached hydrogens (tertiary/aromatic N) is 2. The number of aliphatic hydroxyl groups excluding tert-OH is 1. The standard InChI is InChI=1S/C13H28N2O/c1-11(2)8-15-12(6-7-16)9-14(5)10-13(15,3)4/h11-12,16H,6-10H2,1-5H3. The van der Waals surface area contributed by atoms with Gasteiger partial charge in [-0.05, 0) is 33.2 Å². The maximum atomic E-state index is 9.18. The van der Waals surface area contributed by atoms with E-state index in [-0.39, 0.29) is 5.54 Å². The van der Waals surface area contributed by atoms with Crippen LogP contribution in [0.15, 0.2) is 0 Å². The van der Waals surface area contributed by atoms with Crippen LogP contribution >= 0.6 is 0 Å². The molecule has 0 spiro atoms. The fraction of sp³-hybridized carbons (Fsp3) is 1.00. The van der Waals surface area contributed by atoms with Crippen LogP contribution in [0, 0.1) is 5.92 Å². The fourth-order valence-corrected chi connectivity index (χ4v) is 2.95. The van der Waals surface area contributed by atoms with Crippen LogP contribution in [0.3, 0.4) is 0 Å². The predicted octanol–water partition coefficient (Wildman–Crippen LogP) is 1.42. The van der Waals surface area contributed by atoms with E-state index in [9.17, 15) is 5.11 Å². The Labute approximate surface area is 100 Å². The van der Waals surface area contributed by atoms with Crippen molar-refractivity contribution in [3.8, 4) is 0 Å². The van der Waals surface area contributed by atoms with Crippen molar-refractivity contribution in [1.29, 1.82) is 0 Å².